The molecule has 19 heavy (non-hydrogen) atoms. The van der Waals surface area contributed by atoms with Crippen molar-refractivity contribution >= 4 is 38.8 Å². The van der Waals surface area contributed by atoms with Crippen molar-refractivity contribution in [2.45, 2.75) is 13.5 Å². The molecule has 3 nitrogen and oxygen atoms in total. The topological polar surface area (TPSA) is 53.1 Å². The fourth-order valence-corrected chi connectivity index (χ4v) is 3.24. The van der Waals surface area contributed by atoms with Crippen LogP contribution in [0, 0.1) is 5.41 Å². The van der Waals surface area contributed by atoms with Gasteiger partial charge >= 0.3 is 0 Å². The molecule has 0 unspecified atom stereocenters. The zero-order valence-corrected chi connectivity index (χ0v) is 13.1. The molecule has 3 N–H and O–H groups in total. The molecule has 0 aliphatic carbocycles. The number of rotatable bonds is 5. The number of benzene rings is 1. The Morgan fingerprint density at radius 3 is 2.74 bits per heavy atom. The van der Waals surface area contributed by atoms with Crippen LogP contribution < -0.4 is 10.6 Å². The second kappa shape index (κ2) is 6.21. The monoisotopic (exact) mass is 337 g/mol. The molecule has 100 valence electrons. The lowest BCUT2D eigenvalue weighted by molar-refractivity contribution is 0.840. The summed E-state index contributed by atoms with van der Waals surface area (Å²) in [7, 11) is 0. The number of hydrogen-bond acceptors (Lipinski definition) is 3. The van der Waals surface area contributed by atoms with Crippen molar-refractivity contribution in [1.29, 1.82) is 5.41 Å². The van der Waals surface area contributed by atoms with E-state index in [2.05, 4.69) is 45.3 Å². The van der Waals surface area contributed by atoms with Gasteiger partial charge in [-0.3, -0.25) is 5.41 Å². The Balaban J connectivity index is 2.25. The molecule has 1 heterocycles. The van der Waals surface area contributed by atoms with Gasteiger partial charge < -0.3 is 10.6 Å². The Kier molecular flexibility index (Phi) is 4.61. The summed E-state index contributed by atoms with van der Waals surface area (Å²) in [6, 6.07) is 10.0. The summed E-state index contributed by atoms with van der Waals surface area (Å²) in [4.78, 5) is 3.63. The number of hydrogen-bond donors (Lipinski definition) is 2. The van der Waals surface area contributed by atoms with E-state index in [1.807, 2.05) is 18.2 Å². The first-order valence-electron chi connectivity index (χ1n) is 6.03. The Morgan fingerprint density at radius 2 is 2.21 bits per heavy atom. The number of amidine groups is 1. The first-order valence-corrected chi connectivity index (χ1v) is 7.70. The number of nitrogens with two attached hydrogens (primary N) is 1. The Hall–Kier alpha value is -1.33. The molecule has 0 amide bonds. The summed E-state index contributed by atoms with van der Waals surface area (Å²) in [6.45, 7) is 3.96. The molecule has 0 aliphatic heterocycles. The van der Waals surface area contributed by atoms with Gasteiger partial charge in [-0.05, 0) is 52.5 Å². The summed E-state index contributed by atoms with van der Waals surface area (Å²) in [5, 5.41) is 9.55. The van der Waals surface area contributed by atoms with E-state index in [1.165, 1.54) is 4.88 Å². The summed E-state index contributed by atoms with van der Waals surface area (Å²) in [5.41, 5.74) is 7.37. The number of nitrogens with zero attached hydrogens (tertiary/aromatic N) is 1. The van der Waals surface area contributed by atoms with E-state index in [-0.39, 0.29) is 5.84 Å². The van der Waals surface area contributed by atoms with Gasteiger partial charge in [-0.15, -0.1) is 11.3 Å². The van der Waals surface area contributed by atoms with Crippen molar-refractivity contribution < 1.29 is 0 Å². The minimum Gasteiger partial charge on any atom is -0.384 e. The lowest BCUT2D eigenvalue weighted by atomic mass is 10.2. The third-order valence-corrected chi connectivity index (χ3v) is 4.40. The Bertz CT molecular complexity index is 566. The molecular formula is C14H16BrN3S. The standard InChI is InChI=1S/C14H16BrN3S/c1-2-18(9-11-4-3-7-19-11)13-6-5-10(14(16)17)8-12(13)15/h3-8H,2,9H2,1H3,(H3,16,17). The second-order valence-electron chi connectivity index (χ2n) is 4.17. The van der Waals surface area contributed by atoms with Crippen LogP contribution in [0.3, 0.4) is 0 Å². The molecule has 5 heteroatoms. The molecule has 0 fully saturated rings. The molecule has 0 radical (unpaired) electrons. The van der Waals surface area contributed by atoms with Crippen molar-refractivity contribution in [3.05, 3.63) is 50.6 Å². The quantitative estimate of drug-likeness (QED) is 0.643. The van der Waals surface area contributed by atoms with Crippen LogP contribution in [-0.4, -0.2) is 12.4 Å². The molecule has 0 atom stereocenters. The predicted molar refractivity (Wildman–Crippen MR) is 86.2 cm³/mol. The van der Waals surface area contributed by atoms with Gasteiger partial charge in [-0.2, -0.15) is 0 Å². The van der Waals surface area contributed by atoms with Crippen LogP contribution in [0.1, 0.15) is 17.4 Å². The molecule has 0 bridgehead atoms. The van der Waals surface area contributed by atoms with Crippen molar-refractivity contribution in [1.82, 2.24) is 0 Å². The predicted octanol–water partition coefficient (Wildman–Crippen LogP) is 3.82. The Morgan fingerprint density at radius 1 is 1.42 bits per heavy atom. The molecule has 2 rings (SSSR count). The highest BCUT2D eigenvalue weighted by Gasteiger charge is 2.11. The van der Waals surface area contributed by atoms with E-state index in [9.17, 15) is 0 Å². The first-order chi connectivity index (χ1) is 9.11. The minimum absolute atomic E-state index is 0.0913. The zero-order chi connectivity index (χ0) is 13.8. The maximum atomic E-state index is 7.46. The molecule has 0 saturated carbocycles. The molecule has 0 saturated heterocycles. The van der Waals surface area contributed by atoms with Crippen LogP contribution in [0.5, 0.6) is 0 Å². The van der Waals surface area contributed by atoms with E-state index in [1.54, 1.807) is 11.3 Å². The van der Waals surface area contributed by atoms with Crippen LogP contribution in [0.15, 0.2) is 40.2 Å². The lowest BCUT2D eigenvalue weighted by Crippen LogP contribution is -2.22. The largest absolute Gasteiger partial charge is 0.384 e. The highest BCUT2D eigenvalue weighted by Crippen LogP contribution is 2.29. The van der Waals surface area contributed by atoms with Gasteiger partial charge in [0.05, 0.1) is 12.2 Å². The van der Waals surface area contributed by atoms with E-state index >= 15 is 0 Å². The number of nitrogen functional groups attached to an aromatic ring is 1. The second-order valence-corrected chi connectivity index (χ2v) is 6.06. The van der Waals surface area contributed by atoms with Gasteiger partial charge in [0.25, 0.3) is 0 Å². The third kappa shape index (κ3) is 3.36. The van der Waals surface area contributed by atoms with Gasteiger partial charge in [0, 0.05) is 21.5 Å². The van der Waals surface area contributed by atoms with Crippen LogP contribution >= 0.6 is 27.3 Å². The van der Waals surface area contributed by atoms with Gasteiger partial charge in [0.2, 0.25) is 0 Å². The molecule has 0 aliphatic rings. The number of anilines is 1. The van der Waals surface area contributed by atoms with E-state index in [0.717, 1.165) is 28.8 Å². The maximum Gasteiger partial charge on any atom is 0.122 e. The fraction of sp³-hybridized carbons (Fsp3) is 0.214. The zero-order valence-electron chi connectivity index (χ0n) is 10.7. The SMILES string of the molecule is CCN(Cc1cccs1)c1ccc(C(=N)N)cc1Br. The minimum atomic E-state index is 0.0913. The molecule has 2 aromatic rings. The van der Waals surface area contributed by atoms with Gasteiger partial charge in [0.1, 0.15) is 5.84 Å². The molecule has 1 aromatic carbocycles. The van der Waals surface area contributed by atoms with Crippen molar-refractivity contribution in [2.24, 2.45) is 5.73 Å². The average molecular weight is 338 g/mol. The van der Waals surface area contributed by atoms with E-state index in [4.69, 9.17) is 11.1 Å². The fourth-order valence-electron chi connectivity index (χ4n) is 1.89. The third-order valence-electron chi connectivity index (χ3n) is 2.91. The van der Waals surface area contributed by atoms with Gasteiger partial charge in [-0.1, -0.05) is 6.07 Å². The highest BCUT2D eigenvalue weighted by molar-refractivity contribution is 9.10. The van der Waals surface area contributed by atoms with E-state index in [0.29, 0.717) is 0 Å². The van der Waals surface area contributed by atoms with Crippen molar-refractivity contribution in [3.63, 3.8) is 0 Å². The molecule has 1 aromatic heterocycles. The highest BCUT2D eigenvalue weighted by atomic mass is 79.9. The van der Waals surface area contributed by atoms with Crippen LogP contribution in [0.4, 0.5) is 5.69 Å². The number of thiophene rings is 1. The van der Waals surface area contributed by atoms with Gasteiger partial charge in [0.15, 0.2) is 0 Å². The Labute approximate surface area is 125 Å². The summed E-state index contributed by atoms with van der Waals surface area (Å²) in [5.74, 6) is 0.0913. The van der Waals surface area contributed by atoms with Crippen molar-refractivity contribution in [2.75, 3.05) is 11.4 Å². The smallest absolute Gasteiger partial charge is 0.122 e. The lowest BCUT2D eigenvalue weighted by Gasteiger charge is -2.24. The van der Waals surface area contributed by atoms with Crippen LogP contribution in [-0.2, 0) is 6.54 Å². The summed E-state index contributed by atoms with van der Waals surface area (Å²) < 4.78 is 0.971. The summed E-state index contributed by atoms with van der Waals surface area (Å²) in [6.07, 6.45) is 0. The number of halogens is 1. The summed E-state index contributed by atoms with van der Waals surface area (Å²) >= 11 is 5.33. The number of nitrogens with one attached hydrogen (secondary N) is 1. The average Bonchev–Trinajstić information content (AvgIpc) is 2.89. The van der Waals surface area contributed by atoms with Crippen molar-refractivity contribution in [3.8, 4) is 0 Å². The van der Waals surface area contributed by atoms with Gasteiger partial charge in [-0.25, -0.2) is 0 Å². The molecule has 0 spiro atoms. The first kappa shape index (κ1) is 14.1. The van der Waals surface area contributed by atoms with Crippen LogP contribution in [0.25, 0.3) is 0 Å². The van der Waals surface area contributed by atoms with Crippen LogP contribution in [0.2, 0.25) is 0 Å². The molecular weight excluding hydrogens is 322 g/mol. The normalized spacial score (nSPS) is 10.4. The van der Waals surface area contributed by atoms with E-state index < -0.39 is 0 Å². The maximum absolute atomic E-state index is 7.46.